The summed E-state index contributed by atoms with van der Waals surface area (Å²) >= 11 is 1.59. The maximum Gasteiger partial charge on any atom is 0.228 e. The molecule has 0 spiro atoms. The molecule has 1 aliphatic rings. The molecule has 2 aromatic heterocycles. The summed E-state index contributed by atoms with van der Waals surface area (Å²) < 4.78 is 5.69. The summed E-state index contributed by atoms with van der Waals surface area (Å²) in [7, 11) is 1.80. The Bertz CT molecular complexity index is 681. The van der Waals surface area contributed by atoms with Gasteiger partial charge in [0.05, 0.1) is 18.2 Å². The van der Waals surface area contributed by atoms with E-state index in [4.69, 9.17) is 4.42 Å². The Morgan fingerprint density at radius 3 is 2.96 bits per heavy atom. The van der Waals surface area contributed by atoms with Gasteiger partial charge in [0.15, 0.2) is 0 Å². The van der Waals surface area contributed by atoms with Crippen molar-refractivity contribution in [1.82, 2.24) is 9.88 Å². The van der Waals surface area contributed by atoms with Crippen LogP contribution in [0.4, 0.5) is 0 Å². The molecule has 1 aliphatic carbocycles. The Kier molecular flexibility index (Phi) is 5.36. The monoisotopic (exact) mass is 348 g/mol. The maximum absolute atomic E-state index is 12.5. The van der Waals surface area contributed by atoms with Gasteiger partial charge in [0.25, 0.3) is 0 Å². The van der Waals surface area contributed by atoms with Gasteiger partial charge in [-0.3, -0.25) is 4.79 Å². The van der Waals surface area contributed by atoms with E-state index in [0.717, 1.165) is 31.2 Å². The fourth-order valence-electron chi connectivity index (χ4n) is 3.23. The Morgan fingerprint density at radius 1 is 1.46 bits per heavy atom. The lowest BCUT2D eigenvalue weighted by Crippen LogP contribution is -2.38. The number of oxazole rings is 1. The number of carbonyl (C=O) groups excluding carboxylic acids is 1. The molecule has 1 amide bonds. The molecule has 130 valence electrons. The zero-order chi connectivity index (χ0) is 17.1. The van der Waals surface area contributed by atoms with Crippen LogP contribution in [0.15, 0.2) is 21.2 Å². The lowest BCUT2D eigenvalue weighted by Gasteiger charge is -2.31. The highest BCUT2D eigenvalue weighted by Crippen LogP contribution is 2.26. The molecule has 2 atom stereocenters. The second kappa shape index (κ2) is 7.49. The van der Waals surface area contributed by atoms with Crippen molar-refractivity contribution in [2.75, 3.05) is 13.6 Å². The molecule has 0 aliphatic heterocycles. The molecule has 1 saturated carbocycles. The minimum Gasteiger partial charge on any atom is -0.441 e. The fourth-order valence-corrected chi connectivity index (χ4v) is 3.86. The van der Waals surface area contributed by atoms with Crippen molar-refractivity contribution in [3.63, 3.8) is 0 Å². The second-order valence-electron chi connectivity index (χ2n) is 6.60. The Morgan fingerprint density at radius 2 is 2.25 bits per heavy atom. The van der Waals surface area contributed by atoms with Gasteiger partial charge in [0, 0.05) is 30.5 Å². The quantitative estimate of drug-likeness (QED) is 0.900. The molecule has 1 fully saturated rings. The summed E-state index contributed by atoms with van der Waals surface area (Å²) in [5, 5.41) is 14.0. The molecule has 3 rings (SSSR count). The SMILES string of the molecule is Cc1oc(-c2ccsc2)nc1CC(=O)N(C)CC1CCCCC1O. The van der Waals surface area contributed by atoms with E-state index in [0.29, 0.717) is 23.9 Å². The van der Waals surface area contributed by atoms with Crippen LogP contribution in [-0.4, -0.2) is 40.6 Å². The van der Waals surface area contributed by atoms with Gasteiger partial charge in [-0.15, -0.1) is 0 Å². The predicted octanol–water partition coefficient (Wildman–Crippen LogP) is 3.26. The summed E-state index contributed by atoms with van der Waals surface area (Å²) in [6.07, 6.45) is 4.00. The van der Waals surface area contributed by atoms with Crippen molar-refractivity contribution in [2.24, 2.45) is 5.92 Å². The van der Waals surface area contributed by atoms with E-state index in [1.165, 1.54) is 0 Å². The lowest BCUT2D eigenvalue weighted by atomic mass is 9.86. The van der Waals surface area contributed by atoms with Gasteiger partial charge in [-0.1, -0.05) is 12.8 Å². The van der Waals surface area contributed by atoms with Crippen molar-refractivity contribution < 1.29 is 14.3 Å². The van der Waals surface area contributed by atoms with Crippen molar-refractivity contribution in [3.8, 4) is 11.5 Å². The number of aromatic nitrogens is 1. The molecule has 0 radical (unpaired) electrons. The third-order valence-electron chi connectivity index (χ3n) is 4.78. The highest BCUT2D eigenvalue weighted by atomic mass is 32.1. The van der Waals surface area contributed by atoms with Crippen LogP contribution in [-0.2, 0) is 11.2 Å². The number of rotatable bonds is 5. The van der Waals surface area contributed by atoms with Crippen LogP contribution in [0.2, 0.25) is 0 Å². The number of aliphatic hydroxyl groups excluding tert-OH is 1. The summed E-state index contributed by atoms with van der Waals surface area (Å²) in [4.78, 5) is 18.7. The number of hydrogen-bond acceptors (Lipinski definition) is 5. The Labute approximate surface area is 146 Å². The summed E-state index contributed by atoms with van der Waals surface area (Å²) in [6.45, 7) is 2.45. The van der Waals surface area contributed by atoms with E-state index in [-0.39, 0.29) is 24.3 Å². The lowest BCUT2D eigenvalue weighted by molar-refractivity contribution is -0.130. The van der Waals surface area contributed by atoms with Gasteiger partial charge in [-0.25, -0.2) is 4.98 Å². The molecule has 0 bridgehead atoms. The number of hydrogen-bond donors (Lipinski definition) is 1. The van der Waals surface area contributed by atoms with Crippen LogP contribution in [0, 0.1) is 12.8 Å². The first-order valence-electron chi connectivity index (χ1n) is 8.45. The third kappa shape index (κ3) is 3.87. The topological polar surface area (TPSA) is 66.6 Å². The fraction of sp³-hybridized carbons (Fsp3) is 0.556. The van der Waals surface area contributed by atoms with Gasteiger partial charge in [0.2, 0.25) is 11.8 Å². The molecular weight excluding hydrogens is 324 g/mol. The van der Waals surface area contributed by atoms with E-state index in [2.05, 4.69) is 4.98 Å². The molecule has 1 N–H and O–H groups in total. The van der Waals surface area contributed by atoms with E-state index >= 15 is 0 Å². The average Bonchev–Trinajstić information content (AvgIpc) is 3.20. The Hall–Kier alpha value is -1.66. The molecule has 0 saturated heterocycles. The molecule has 5 nitrogen and oxygen atoms in total. The molecule has 2 heterocycles. The smallest absolute Gasteiger partial charge is 0.228 e. The maximum atomic E-state index is 12.5. The standard InChI is InChI=1S/C18H24N2O3S/c1-12-15(19-18(23-12)14-7-8-24-11-14)9-17(22)20(2)10-13-5-3-4-6-16(13)21/h7-8,11,13,16,21H,3-6,9-10H2,1-2H3. The van der Waals surface area contributed by atoms with Crippen LogP contribution in [0.5, 0.6) is 0 Å². The molecular formula is C18H24N2O3S. The first-order valence-corrected chi connectivity index (χ1v) is 9.39. The normalized spacial score (nSPS) is 21.0. The molecule has 2 aromatic rings. The van der Waals surface area contributed by atoms with Gasteiger partial charge < -0.3 is 14.4 Å². The highest BCUT2D eigenvalue weighted by Gasteiger charge is 2.26. The number of aliphatic hydroxyl groups is 1. The van der Waals surface area contributed by atoms with E-state index in [1.807, 2.05) is 23.8 Å². The van der Waals surface area contributed by atoms with Gasteiger partial charge in [-0.05, 0) is 31.2 Å². The van der Waals surface area contributed by atoms with Crippen LogP contribution < -0.4 is 0 Å². The molecule has 2 unspecified atom stereocenters. The van der Waals surface area contributed by atoms with Crippen molar-refractivity contribution in [3.05, 3.63) is 28.3 Å². The first kappa shape index (κ1) is 17.2. The van der Waals surface area contributed by atoms with Crippen LogP contribution in [0.3, 0.4) is 0 Å². The Balaban J connectivity index is 1.62. The van der Waals surface area contributed by atoms with Gasteiger partial charge >= 0.3 is 0 Å². The number of likely N-dealkylation sites (N-methyl/N-ethyl adjacent to an activating group) is 1. The second-order valence-corrected chi connectivity index (χ2v) is 7.38. The van der Waals surface area contributed by atoms with E-state index < -0.39 is 0 Å². The van der Waals surface area contributed by atoms with Crippen LogP contribution in [0.1, 0.15) is 37.1 Å². The minimum absolute atomic E-state index is 0.0149. The van der Waals surface area contributed by atoms with Crippen molar-refractivity contribution >= 4 is 17.2 Å². The highest BCUT2D eigenvalue weighted by molar-refractivity contribution is 7.08. The molecule has 24 heavy (non-hydrogen) atoms. The zero-order valence-corrected chi connectivity index (χ0v) is 15.0. The average molecular weight is 348 g/mol. The summed E-state index contributed by atoms with van der Waals surface area (Å²) in [5.41, 5.74) is 1.64. The third-order valence-corrected chi connectivity index (χ3v) is 5.47. The number of thiophene rings is 1. The van der Waals surface area contributed by atoms with Gasteiger partial charge in [-0.2, -0.15) is 11.3 Å². The summed E-state index contributed by atoms with van der Waals surface area (Å²) in [6, 6.07) is 1.96. The zero-order valence-electron chi connectivity index (χ0n) is 14.2. The summed E-state index contributed by atoms with van der Waals surface area (Å²) in [5.74, 6) is 1.46. The number of carbonyl (C=O) groups is 1. The van der Waals surface area contributed by atoms with E-state index in [9.17, 15) is 9.90 Å². The molecule has 6 heteroatoms. The molecule has 0 aromatic carbocycles. The first-order chi connectivity index (χ1) is 11.5. The predicted molar refractivity (Wildman–Crippen MR) is 93.9 cm³/mol. The number of amides is 1. The minimum atomic E-state index is -0.284. The largest absolute Gasteiger partial charge is 0.441 e. The number of aryl methyl sites for hydroxylation is 1. The van der Waals surface area contributed by atoms with Gasteiger partial charge in [0.1, 0.15) is 5.76 Å². The van der Waals surface area contributed by atoms with Crippen molar-refractivity contribution in [2.45, 2.75) is 45.1 Å². The van der Waals surface area contributed by atoms with E-state index in [1.54, 1.807) is 23.3 Å². The van der Waals surface area contributed by atoms with Crippen LogP contribution in [0.25, 0.3) is 11.5 Å². The van der Waals surface area contributed by atoms with Crippen molar-refractivity contribution in [1.29, 1.82) is 0 Å². The number of nitrogens with zero attached hydrogens (tertiary/aromatic N) is 2. The van der Waals surface area contributed by atoms with Crippen LogP contribution >= 0.6 is 11.3 Å².